The number of hydrogen-bond donors (Lipinski definition) is 4. The van der Waals surface area contributed by atoms with Gasteiger partial charge in [0.1, 0.15) is 11.5 Å². The summed E-state index contributed by atoms with van der Waals surface area (Å²) in [5.74, 6) is -0.382. The van der Waals surface area contributed by atoms with Crippen LogP contribution in [-0.4, -0.2) is 69.4 Å². The number of rotatable bonds is 6. The Balaban J connectivity index is 1.97. The Kier molecular flexibility index (Phi) is 8.42. The number of ether oxygens (including phenoxy) is 1. The van der Waals surface area contributed by atoms with Gasteiger partial charge >= 0.3 is 6.03 Å². The van der Waals surface area contributed by atoms with E-state index in [0.717, 1.165) is 18.5 Å². The molecule has 1 fully saturated rings. The van der Waals surface area contributed by atoms with Crippen LogP contribution in [0.5, 0.6) is 0 Å². The van der Waals surface area contributed by atoms with Crippen LogP contribution < -0.4 is 22.1 Å². The molecule has 9 nitrogen and oxygen atoms in total. The average molecular weight is 458 g/mol. The lowest BCUT2D eigenvalue weighted by atomic mass is 10.0. The van der Waals surface area contributed by atoms with E-state index in [1.165, 1.54) is 12.4 Å². The second-order valence-corrected chi connectivity index (χ2v) is 7.86. The highest BCUT2D eigenvalue weighted by atomic mass is 19.1. The number of aliphatic imine (C=N–C) groups is 2. The summed E-state index contributed by atoms with van der Waals surface area (Å²) in [5, 5.41) is 6.21. The molecule has 10 heteroatoms. The first-order valence-corrected chi connectivity index (χ1v) is 11.0. The molecule has 0 saturated carbocycles. The molecule has 0 aromatic heterocycles. The number of carbonyl (C=O) groups excluding carboxylic acids is 1. The number of carbonyl (C=O) groups is 1. The Morgan fingerprint density at radius 3 is 2.76 bits per heavy atom. The standard InChI is InChI=1S/C23H32FN7O2/c1-27-13-15(12-25)17-4-3-5-20(21(17)24)30-22(26)18-14-31(23(32)28-2)9-6-19(18)29-16-7-10-33-11-8-16/h3-5,12-13,16,29H,6-11,14,25H2,1-2H3,(H2,26,30)(H,28,32). The third-order valence-corrected chi connectivity index (χ3v) is 5.73. The highest BCUT2D eigenvalue weighted by Gasteiger charge is 2.26. The van der Waals surface area contributed by atoms with Gasteiger partial charge in [0, 0.05) is 81.1 Å². The Labute approximate surface area is 193 Å². The summed E-state index contributed by atoms with van der Waals surface area (Å²) in [6.45, 7) is 2.22. The fourth-order valence-corrected chi connectivity index (χ4v) is 3.95. The average Bonchev–Trinajstić information content (AvgIpc) is 2.84. The number of benzene rings is 1. The van der Waals surface area contributed by atoms with Crippen LogP contribution >= 0.6 is 0 Å². The Hall–Kier alpha value is -3.40. The minimum Gasteiger partial charge on any atom is -0.404 e. The van der Waals surface area contributed by atoms with Gasteiger partial charge in [-0.15, -0.1) is 0 Å². The molecule has 2 heterocycles. The number of halogens is 1. The zero-order chi connectivity index (χ0) is 23.8. The number of amidine groups is 1. The SMILES string of the molecule is CN=CC(=CN)c1cccc(N=C(N)C2=C(NC3CCOCC3)CCN(C(=O)NC)C2)c1F. The number of amides is 2. The first-order chi connectivity index (χ1) is 16.0. The molecule has 0 bridgehead atoms. The molecule has 2 aliphatic heterocycles. The van der Waals surface area contributed by atoms with Crippen molar-refractivity contribution < 1.29 is 13.9 Å². The van der Waals surface area contributed by atoms with Gasteiger partial charge in [-0.1, -0.05) is 12.1 Å². The highest BCUT2D eigenvalue weighted by Crippen LogP contribution is 2.27. The van der Waals surface area contributed by atoms with Crippen molar-refractivity contribution in [3.8, 4) is 0 Å². The second-order valence-electron chi connectivity index (χ2n) is 7.86. The maximum atomic E-state index is 15.2. The van der Waals surface area contributed by atoms with Gasteiger partial charge in [0.15, 0.2) is 5.82 Å². The minimum atomic E-state index is -0.546. The van der Waals surface area contributed by atoms with Gasteiger partial charge in [-0.25, -0.2) is 14.2 Å². The van der Waals surface area contributed by atoms with Crippen molar-refractivity contribution in [1.29, 1.82) is 0 Å². The molecular weight excluding hydrogens is 425 g/mol. The predicted octanol–water partition coefficient (Wildman–Crippen LogP) is 1.88. The molecule has 0 aliphatic carbocycles. The van der Waals surface area contributed by atoms with Crippen molar-refractivity contribution >= 4 is 29.3 Å². The maximum absolute atomic E-state index is 15.2. The van der Waals surface area contributed by atoms with Gasteiger partial charge in [-0.05, 0) is 18.9 Å². The number of nitrogens with one attached hydrogen (secondary N) is 2. The van der Waals surface area contributed by atoms with Gasteiger partial charge in [0.05, 0.1) is 6.54 Å². The lowest BCUT2D eigenvalue weighted by Gasteiger charge is -2.33. The Morgan fingerprint density at radius 1 is 1.33 bits per heavy atom. The second kappa shape index (κ2) is 11.5. The van der Waals surface area contributed by atoms with E-state index >= 15 is 4.39 Å². The van der Waals surface area contributed by atoms with E-state index in [1.807, 2.05) is 0 Å². The zero-order valence-electron chi connectivity index (χ0n) is 19.1. The Morgan fingerprint density at radius 2 is 2.09 bits per heavy atom. The van der Waals surface area contributed by atoms with Crippen LogP contribution in [0.3, 0.4) is 0 Å². The summed E-state index contributed by atoms with van der Waals surface area (Å²) in [7, 11) is 3.17. The molecule has 1 aromatic rings. The largest absolute Gasteiger partial charge is 0.404 e. The maximum Gasteiger partial charge on any atom is 0.317 e. The fourth-order valence-electron chi connectivity index (χ4n) is 3.95. The van der Waals surface area contributed by atoms with Crippen LogP contribution in [0.1, 0.15) is 24.8 Å². The minimum absolute atomic E-state index is 0.0869. The van der Waals surface area contributed by atoms with E-state index < -0.39 is 5.82 Å². The summed E-state index contributed by atoms with van der Waals surface area (Å²) < 4.78 is 20.7. The van der Waals surface area contributed by atoms with Crippen molar-refractivity contribution in [2.75, 3.05) is 40.4 Å². The molecule has 6 N–H and O–H groups in total. The van der Waals surface area contributed by atoms with Crippen LogP contribution in [-0.2, 0) is 4.74 Å². The number of hydrogen-bond acceptors (Lipinski definition) is 6. The van der Waals surface area contributed by atoms with Crippen molar-refractivity contribution in [2.24, 2.45) is 21.5 Å². The first kappa shape index (κ1) is 24.2. The molecular formula is C23H32FN7O2. The first-order valence-electron chi connectivity index (χ1n) is 11.0. The van der Waals surface area contributed by atoms with E-state index in [1.54, 1.807) is 37.2 Å². The lowest BCUT2D eigenvalue weighted by Crippen LogP contribution is -2.47. The van der Waals surface area contributed by atoms with Gasteiger partial charge < -0.3 is 31.7 Å². The topological polar surface area (TPSA) is 130 Å². The monoisotopic (exact) mass is 457 g/mol. The normalized spacial score (nSPS) is 18.7. The van der Waals surface area contributed by atoms with Gasteiger partial charge in [0.25, 0.3) is 0 Å². The summed E-state index contributed by atoms with van der Waals surface area (Å²) in [4.78, 5) is 22.2. The summed E-state index contributed by atoms with van der Waals surface area (Å²) >= 11 is 0. The van der Waals surface area contributed by atoms with E-state index in [0.29, 0.717) is 37.3 Å². The molecule has 2 aliphatic rings. The van der Waals surface area contributed by atoms with Crippen molar-refractivity contribution in [2.45, 2.75) is 25.3 Å². The van der Waals surface area contributed by atoms with Crippen LogP contribution in [0.2, 0.25) is 0 Å². The molecule has 2 amide bonds. The predicted molar refractivity (Wildman–Crippen MR) is 129 cm³/mol. The number of urea groups is 1. The van der Waals surface area contributed by atoms with Crippen LogP contribution in [0.4, 0.5) is 14.9 Å². The molecule has 0 unspecified atom stereocenters. The van der Waals surface area contributed by atoms with Crippen LogP contribution in [0.15, 0.2) is 45.7 Å². The third-order valence-electron chi connectivity index (χ3n) is 5.73. The summed E-state index contributed by atoms with van der Waals surface area (Å²) in [6.07, 6.45) is 5.15. The number of nitrogens with two attached hydrogens (primary N) is 2. The van der Waals surface area contributed by atoms with E-state index in [4.69, 9.17) is 16.2 Å². The van der Waals surface area contributed by atoms with Crippen molar-refractivity contribution in [1.82, 2.24) is 15.5 Å². The smallest absolute Gasteiger partial charge is 0.317 e. The van der Waals surface area contributed by atoms with Crippen LogP contribution in [0, 0.1) is 5.82 Å². The van der Waals surface area contributed by atoms with Gasteiger partial charge in [-0.3, -0.25) is 4.99 Å². The zero-order valence-corrected chi connectivity index (χ0v) is 19.1. The number of allylic oxidation sites excluding steroid dienone is 1. The van der Waals surface area contributed by atoms with Gasteiger partial charge in [-0.2, -0.15) is 0 Å². The molecule has 178 valence electrons. The number of nitrogens with zero attached hydrogens (tertiary/aromatic N) is 3. The van der Waals surface area contributed by atoms with E-state index in [2.05, 4.69) is 20.6 Å². The molecule has 0 atom stereocenters. The van der Waals surface area contributed by atoms with Crippen LogP contribution in [0.25, 0.3) is 5.57 Å². The summed E-state index contributed by atoms with van der Waals surface area (Å²) in [5.41, 5.74) is 14.5. The van der Waals surface area contributed by atoms with Crippen molar-refractivity contribution in [3.63, 3.8) is 0 Å². The van der Waals surface area contributed by atoms with Gasteiger partial charge in [0.2, 0.25) is 0 Å². The fraction of sp³-hybridized carbons (Fsp3) is 0.435. The van der Waals surface area contributed by atoms with E-state index in [-0.39, 0.29) is 35.7 Å². The van der Waals surface area contributed by atoms with Crippen molar-refractivity contribution in [3.05, 3.63) is 47.0 Å². The quantitative estimate of drug-likeness (QED) is 0.383. The molecule has 0 radical (unpaired) electrons. The highest BCUT2D eigenvalue weighted by molar-refractivity contribution is 6.10. The molecule has 0 spiro atoms. The Bertz CT molecular complexity index is 981. The molecule has 33 heavy (non-hydrogen) atoms. The molecule has 3 rings (SSSR count). The summed E-state index contributed by atoms with van der Waals surface area (Å²) in [6, 6.07) is 4.90. The molecule has 1 aromatic carbocycles. The lowest BCUT2D eigenvalue weighted by molar-refractivity contribution is 0.0798. The molecule has 1 saturated heterocycles. The van der Waals surface area contributed by atoms with E-state index in [9.17, 15) is 4.79 Å². The third kappa shape index (κ3) is 5.89.